The number of benzene rings is 1. The molecule has 0 unspecified atom stereocenters. The van der Waals surface area contributed by atoms with Crippen LogP contribution in [0, 0.1) is 11.3 Å². The summed E-state index contributed by atoms with van der Waals surface area (Å²) in [5, 5.41) is 0. The van der Waals surface area contributed by atoms with Crippen LogP contribution in [0.1, 0.15) is 63.7 Å². The lowest BCUT2D eigenvalue weighted by molar-refractivity contribution is 0.0832. The summed E-state index contributed by atoms with van der Waals surface area (Å²) in [6.07, 6.45) is 4.37. The van der Waals surface area contributed by atoms with Gasteiger partial charge in [-0.15, -0.1) is 0 Å². The summed E-state index contributed by atoms with van der Waals surface area (Å²) >= 11 is 0. The van der Waals surface area contributed by atoms with Crippen LogP contribution in [0.2, 0.25) is 0 Å². The molecule has 1 fully saturated rings. The van der Waals surface area contributed by atoms with Crippen molar-refractivity contribution in [3.63, 3.8) is 0 Å². The Morgan fingerprint density at radius 1 is 1.20 bits per heavy atom. The highest BCUT2D eigenvalue weighted by atomic mass is 16.5. The molecule has 0 aromatic heterocycles. The van der Waals surface area contributed by atoms with E-state index in [1.54, 1.807) is 0 Å². The third-order valence-corrected chi connectivity index (χ3v) is 4.23. The van der Waals surface area contributed by atoms with Gasteiger partial charge < -0.3 is 4.74 Å². The molecule has 0 N–H and O–H groups in total. The van der Waals surface area contributed by atoms with Gasteiger partial charge in [-0.2, -0.15) is 0 Å². The fraction of sp³-hybridized carbons (Fsp3) is 0.611. The number of carbonyl (C=O) groups is 1. The van der Waals surface area contributed by atoms with Crippen LogP contribution in [0.4, 0.5) is 0 Å². The van der Waals surface area contributed by atoms with Crippen LogP contribution in [0.5, 0.6) is 5.75 Å². The number of carbonyl (C=O) groups excluding carboxylic acids is 1. The predicted molar refractivity (Wildman–Crippen MR) is 82.3 cm³/mol. The minimum Gasteiger partial charge on any atom is -0.490 e. The van der Waals surface area contributed by atoms with Crippen LogP contribution in [0.3, 0.4) is 0 Å². The van der Waals surface area contributed by atoms with Gasteiger partial charge in [0, 0.05) is 5.92 Å². The van der Waals surface area contributed by atoms with Gasteiger partial charge in [-0.25, -0.2) is 0 Å². The maximum absolute atomic E-state index is 12.7. The van der Waals surface area contributed by atoms with Gasteiger partial charge in [0.25, 0.3) is 0 Å². The number of rotatable bonds is 4. The quantitative estimate of drug-likeness (QED) is 0.732. The maximum atomic E-state index is 12.7. The zero-order valence-electron chi connectivity index (χ0n) is 13.1. The number of hydrogen-bond donors (Lipinski definition) is 0. The first-order valence-corrected chi connectivity index (χ1v) is 7.69. The van der Waals surface area contributed by atoms with Crippen molar-refractivity contribution in [3.8, 4) is 5.75 Å². The number of ether oxygens (including phenoxy) is 1. The molecule has 20 heavy (non-hydrogen) atoms. The standard InChI is InChI=1S/C18H26O2/c1-13(2)20-16-8-6-5-7-15(16)17(19)14-9-11-18(3,4)12-10-14/h5-8,13-14H,9-12H2,1-4H3. The van der Waals surface area contributed by atoms with Crippen LogP contribution in [-0.2, 0) is 0 Å². The number of hydrogen-bond acceptors (Lipinski definition) is 2. The normalized spacial score (nSPS) is 19.1. The van der Waals surface area contributed by atoms with E-state index in [1.807, 2.05) is 38.1 Å². The fourth-order valence-electron chi connectivity index (χ4n) is 2.91. The van der Waals surface area contributed by atoms with Crippen LogP contribution >= 0.6 is 0 Å². The second kappa shape index (κ2) is 5.99. The predicted octanol–water partition coefficient (Wildman–Crippen LogP) is 4.87. The van der Waals surface area contributed by atoms with Crippen LogP contribution < -0.4 is 4.74 Å². The van der Waals surface area contributed by atoms with Crippen LogP contribution in [0.25, 0.3) is 0 Å². The lowest BCUT2D eigenvalue weighted by Gasteiger charge is -2.33. The van der Waals surface area contributed by atoms with Gasteiger partial charge in [0.15, 0.2) is 5.78 Å². The molecule has 0 radical (unpaired) electrons. The number of Topliss-reactive ketones (excluding diaryl/α,β-unsaturated/α-hetero) is 1. The molecule has 0 bridgehead atoms. The van der Waals surface area contributed by atoms with E-state index in [-0.39, 0.29) is 17.8 Å². The minimum absolute atomic E-state index is 0.0919. The second-order valence-corrected chi connectivity index (χ2v) is 6.97. The monoisotopic (exact) mass is 274 g/mol. The van der Waals surface area contributed by atoms with Crippen molar-refractivity contribution >= 4 is 5.78 Å². The molecule has 0 aliphatic heterocycles. The van der Waals surface area contributed by atoms with Gasteiger partial charge in [0.05, 0.1) is 11.7 Å². The SMILES string of the molecule is CC(C)Oc1ccccc1C(=O)C1CCC(C)(C)CC1. The van der Waals surface area contributed by atoms with E-state index in [1.165, 1.54) is 0 Å². The minimum atomic E-state index is 0.0919. The van der Waals surface area contributed by atoms with Crippen molar-refractivity contribution < 1.29 is 9.53 Å². The number of para-hydroxylation sites is 1. The summed E-state index contributed by atoms with van der Waals surface area (Å²) in [5.74, 6) is 1.16. The van der Waals surface area contributed by atoms with Gasteiger partial charge >= 0.3 is 0 Å². The molecule has 0 atom stereocenters. The highest BCUT2D eigenvalue weighted by Crippen LogP contribution is 2.39. The van der Waals surface area contributed by atoms with Crippen molar-refractivity contribution in [2.24, 2.45) is 11.3 Å². The summed E-state index contributed by atoms with van der Waals surface area (Å²) in [4.78, 5) is 12.7. The molecule has 1 aliphatic carbocycles. The molecule has 0 spiro atoms. The molecular formula is C18H26O2. The molecule has 2 nitrogen and oxygen atoms in total. The second-order valence-electron chi connectivity index (χ2n) is 6.97. The summed E-state index contributed by atoms with van der Waals surface area (Å²) in [6, 6.07) is 7.66. The lowest BCUT2D eigenvalue weighted by atomic mass is 9.71. The first-order chi connectivity index (χ1) is 9.39. The summed E-state index contributed by atoms with van der Waals surface area (Å²) < 4.78 is 5.78. The topological polar surface area (TPSA) is 26.3 Å². The Bertz CT molecular complexity index is 464. The number of ketones is 1. The Kier molecular flexibility index (Phi) is 4.52. The summed E-state index contributed by atoms with van der Waals surface area (Å²) in [6.45, 7) is 8.57. The highest BCUT2D eigenvalue weighted by Gasteiger charge is 2.31. The molecule has 1 aromatic carbocycles. The zero-order valence-corrected chi connectivity index (χ0v) is 13.1. The van der Waals surface area contributed by atoms with Gasteiger partial charge in [-0.05, 0) is 57.1 Å². The Balaban J connectivity index is 2.13. The first kappa shape index (κ1) is 15.1. The lowest BCUT2D eigenvalue weighted by Crippen LogP contribution is -2.26. The van der Waals surface area contributed by atoms with Gasteiger partial charge in [-0.1, -0.05) is 26.0 Å². The molecule has 0 heterocycles. The van der Waals surface area contributed by atoms with Gasteiger partial charge in [0.1, 0.15) is 5.75 Å². The molecule has 0 amide bonds. The Hall–Kier alpha value is -1.31. The Labute approximate surface area is 122 Å². The van der Waals surface area contributed by atoms with E-state index in [2.05, 4.69) is 13.8 Å². The van der Waals surface area contributed by atoms with Crippen LogP contribution in [-0.4, -0.2) is 11.9 Å². The van der Waals surface area contributed by atoms with E-state index >= 15 is 0 Å². The van der Waals surface area contributed by atoms with Crippen molar-refractivity contribution in [1.82, 2.24) is 0 Å². The van der Waals surface area contributed by atoms with Crippen LogP contribution in [0.15, 0.2) is 24.3 Å². The van der Waals surface area contributed by atoms with Crippen molar-refractivity contribution in [2.75, 3.05) is 0 Å². The maximum Gasteiger partial charge on any atom is 0.169 e. The van der Waals surface area contributed by atoms with Crippen molar-refractivity contribution in [3.05, 3.63) is 29.8 Å². The third kappa shape index (κ3) is 3.62. The van der Waals surface area contributed by atoms with E-state index in [4.69, 9.17) is 4.74 Å². The molecule has 1 aromatic rings. The van der Waals surface area contributed by atoms with Gasteiger partial charge in [-0.3, -0.25) is 4.79 Å². The first-order valence-electron chi connectivity index (χ1n) is 7.69. The van der Waals surface area contributed by atoms with E-state index in [9.17, 15) is 4.79 Å². The Morgan fingerprint density at radius 2 is 1.80 bits per heavy atom. The average molecular weight is 274 g/mol. The molecule has 110 valence electrons. The van der Waals surface area contributed by atoms with Crippen molar-refractivity contribution in [1.29, 1.82) is 0 Å². The van der Waals surface area contributed by atoms with E-state index in [0.717, 1.165) is 37.0 Å². The Morgan fingerprint density at radius 3 is 2.40 bits per heavy atom. The molecular weight excluding hydrogens is 248 g/mol. The fourth-order valence-corrected chi connectivity index (χ4v) is 2.91. The largest absolute Gasteiger partial charge is 0.490 e. The molecule has 1 aliphatic rings. The summed E-state index contributed by atoms with van der Waals surface area (Å²) in [5.41, 5.74) is 1.15. The van der Waals surface area contributed by atoms with E-state index in [0.29, 0.717) is 5.41 Å². The molecule has 1 saturated carbocycles. The van der Waals surface area contributed by atoms with E-state index < -0.39 is 0 Å². The average Bonchev–Trinajstić information content (AvgIpc) is 2.38. The smallest absolute Gasteiger partial charge is 0.169 e. The van der Waals surface area contributed by atoms with Gasteiger partial charge in [0.2, 0.25) is 0 Å². The van der Waals surface area contributed by atoms with Crippen molar-refractivity contribution in [2.45, 2.75) is 59.5 Å². The highest BCUT2D eigenvalue weighted by molar-refractivity contribution is 6.00. The molecule has 2 heteroatoms. The zero-order chi connectivity index (χ0) is 14.8. The molecule has 2 rings (SSSR count). The third-order valence-electron chi connectivity index (χ3n) is 4.23. The summed E-state index contributed by atoms with van der Waals surface area (Å²) in [7, 11) is 0. The molecule has 0 saturated heterocycles.